The molecule has 162 valence electrons. The van der Waals surface area contributed by atoms with Gasteiger partial charge in [-0.15, -0.1) is 0 Å². The number of esters is 1. The Morgan fingerprint density at radius 2 is 1.90 bits per heavy atom. The van der Waals surface area contributed by atoms with Crippen LogP contribution in [-0.4, -0.2) is 54.6 Å². The topological polar surface area (TPSA) is 68.3 Å². The van der Waals surface area contributed by atoms with E-state index in [4.69, 9.17) is 38.0 Å². The number of benzene rings is 2. The molecule has 0 aromatic heterocycles. The summed E-state index contributed by atoms with van der Waals surface area (Å²) >= 11 is 11.5. The van der Waals surface area contributed by atoms with Crippen LogP contribution in [0.4, 0.5) is 0 Å². The molecule has 0 bridgehead atoms. The highest BCUT2D eigenvalue weighted by atomic mass is 35.5. The molecule has 2 aromatic carbocycles. The van der Waals surface area contributed by atoms with Crippen LogP contribution in [0.5, 0.6) is 11.5 Å². The Bertz CT molecular complexity index is 1060. The summed E-state index contributed by atoms with van der Waals surface area (Å²) < 4.78 is 16.0. The van der Waals surface area contributed by atoms with Gasteiger partial charge in [0.15, 0.2) is 16.6 Å². The van der Waals surface area contributed by atoms with Crippen LogP contribution in [0.1, 0.15) is 11.1 Å². The van der Waals surface area contributed by atoms with Crippen molar-refractivity contribution in [2.75, 3.05) is 27.8 Å². The normalized spacial score (nSPS) is 14.9. The predicted octanol–water partition coefficient (Wildman–Crippen LogP) is 3.50. The van der Waals surface area contributed by atoms with Crippen LogP contribution in [0, 0.1) is 0 Å². The molecule has 3 rings (SSSR count). The molecule has 1 fully saturated rings. The van der Waals surface area contributed by atoms with E-state index in [9.17, 15) is 9.59 Å². The molecule has 9 heteroatoms. The number of carbonyl (C=O) groups excluding carboxylic acids is 2. The number of hydrogen-bond acceptors (Lipinski definition) is 6. The van der Waals surface area contributed by atoms with Crippen molar-refractivity contribution in [1.29, 1.82) is 0 Å². The van der Waals surface area contributed by atoms with E-state index in [2.05, 4.69) is 0 Å². The molecule has 2 aromatic rings. The van der Waals surface area contributed by atoms with E-state index >= 15 is 0 Å². The van der Waals surface area contributed by atoms with E-state index in [0.717, 1.165) is 5.56 Å². The zero-order valence-electron chi connectivity index (χ0n) is 17.3. The van der Waals surface area contributed by atoms with E-state index < -0.39 is 5.97 Å². The fourth-order valence-corrected chi connectivity index (χ4v) is 3.40. The average molecular weight is 461 g/mol. The number of thiocarbonyl (C=S) groups is 1. The summed E-state index contributed by atoms with van der Waals surface area (Å²) in [6.07, 6.45) is 1.64. The quantitative estimate of drug-likeness (QED) is 0.356. The summed E-state index contributed by atoms with van der Waals surface area (Å²) in [7, 11) is 4.37. The monoisotopic (exact) mass is 460 g/mol. The number of rotatable bonds is 7. The first-order valence-electron chi connectivity index (χ1n) is 9.28. The second kappa shape index (κ2) is 9.80. The zero-order chi connectivity index (χ0) is 22.5. The smallest absolute Gasteiger partial charge is 0.325 e. The molecule has 7 nitrogen and oxygen atoms in total. The minimum atomic E-state index is -0.503. The van der Waals surface area contributed by atoms with Crippen LogP contribution in [0.2, 0.25) is 5.02 Å². The third-order valence-corrected chi connectivity index (χ3v) is 5.54. The molecule has 0 atom stereocenters. The molecule has 31 heavy (non-hydrogen) atoms. The lowest BCUT2D eigenvalue weighted by Gasteiger charge is -2.17. The van der Waals surface area contributed by atoms with E-state index in [1.165, 1.54) is 24.0 Å². The van der Waals surface area contributed by atoms with Gasteiger partial charge in [-0.1, -0.05) is 35.9 Å². The third-order valence-electron chi connectivity index (χ3n) is 4.68. The first kappa shape index (κ1) is 22.6. The Labute approximate surface area is 190 Å². The van der Waals surface area contributed by atoms with Crippen molar-refractivity contribution in [3.63, 3.8) is 0 Å². The number of halogens is 1. The van der Waals surface area contributed by atoms with Gasteiger partial charge in [-0.2, -0.15) is 0 Å². The van der Waals surface area contributed by atoms with Crippen LogP contribution in [-0.2, 0) is 20.9 Å². The minimum absolute atomic E-state index is 0.159. The lowest BCUT2D eigenvalue weighted by molar-refractivity contribution is -0.140. The standard InChI is InChI=1S/C22H21ClN2O5S/c1-24-21(27)17(25(22(24)31)12-20(26)29-3)10-14-8-9-18(19(11-14)28-2)30-13-15-6-4-5-7-16(15)23/h4-11H,12-13H2,1-3H3/b17-10-. The van der Waals surface area contributed by atoms with Crippen LogP contribution in [0.25, 0.3) is 6.08 Å². The number of likely N-dealkylation sites (N-methyl/N-ethyl adjacent to an activating group) is 1. The predicted molar refractivity (Wildman–Crippen MR) is 121 cm³/mol. The van der Waals surface area contributed by atoms with Crippen molar-refractivity contribution >= 4 is 46.9 Å². The van der Waals surface area contributed by atoms with Gasteiger partial charge in [-0.25, -0.2) is 0 Å². The van der Waals surface area contributed by atoms with Gasteiger partial charge in [0.25, 0.3) is 5.91 Å². The zero-order valence-corrected chi connectivity index (χ0v) is 18.8. The highest BCUT2D eigenvalue weighted by molar-refractivity contribution is 7.80. The summed E-state index contributed by atoms with van der Waals surface area (Å²) in [6.45, 7) is 0.119. The molecule has 1 saturated heterocycles. The van der Waals surface area contributed by atoms with E-state index in [0.29, 0.717) is 22.1 Å². The lowest BCUT2D eigenvalue weighted by Crippen LogP contribution is -2.33. The molecule has 1 aliphatic heterocycles. The third kappa shape index (κ3) is 4.98. The summed E-state index contributed by atoms with van der Waals surface area (Å²) in [5.41, 5.74) is 1.80. The van der Waals surface area contributed by atoms with Crippen molar-refractivity contribution in [2.45, 2.75) is 6.61 Å². The maximum atomic E-state index is 12.6. The molecule has 1 heterocycles. The highest BCUT2D eigenvalue weighted by Crippen LogP contribution is 2.31. The summed E-state index contributed by atoms with van der Waals surface area (Å²) in [5, 5.41) is 0.849. The van der Waals surface area contributed by atoms with Gasteiger partial charge in [0.2, 0.25) is 0 Å². The molecular weight excluding hydrogens is 440 g/mol. The van der Waals surface area contributed by atoms with Gasteiger partial charge in [0.05, 0.1) is 14.2 Å². The number of carbonyl (C=O) groups is 2. The molecule has 0 aliphatic carbocycles. The maximum absolute atomic E-state index is 12.6. The van der Waals surface area contributed by atoms with E-state index in [1.54, 1.807) is 37.4 Å². The van der Waals surface area contributed by atoms with Crippen molar-refractivity contribution in [1.82, 2.24) is 9.80 Å². The van der Waals surface area contributed by atoms with Gasteiger partial charge < -0.3 is 19.1 Å². The molecule has 0 radical (unpaired) electrons. The Morgan fingerprint density at radius 1 is 1.16 bits per heavy atom. The van der Waals surface area contributed by atoms with Crippen LogP contribution >= 0.6 is 23.8 Å². The average Bonchev–Trinajstić information content (AvgIpc) is 2.97. The van der Waals surface area contributed by atoms with E-state index in [1.807, 2.05) is 18.2 Å². The Kier molecular flexibility index (Phi) is 7.14. The number of methoxy groups -OCH3 is 2. The lowest BCUT2D eigenvalue weighted by atomic mass is 10.1. The fourth-order valence-electron chi connectivity index (χ4n) is 2.97. The largest absolute Gasteiger partial charge is 0.493 e. The van der Waals surface area contributed by atoms with Crippen LogP contribution in [0.15, 0.2) is 48.2 Å². The number of hydrogen-bond donors (Lipinski definition) is 0. The molecule has 1 amide bonds. The maximum Gasteiger partial charge on any atom is 0.325 e. The van der Waals surface area contributed by atoms with E-state index in [-0.39, 0.29) is 29.9 Å². The number of ether oxygens (including phenoxy) is 3. The number of amides is 1. The Balaban J connectivity index is 1.86. The van der Waals surface area contributed by atoms with Gasteiger partial charge in [-0.3, -0.25) is 14.5 Å². The van der Waals surface area contributed by atoms with Crippen LogP contribution in [0.3, 0.4) is 0 Å². The number of nitrogens with zero attached hydrogens (tertiary/aromatic N) is 2. The highest BCUT2D eigenvalue weighted by Gasteiger charge is 2.36. The van der Waals surface area contributed by atoms with Gasteiger partial charge in [-0.05, 0) is 42.1 Å². The summed E-state index contributed by atoms with van der Waals surface area (Å²) in [5.74, 6) is 0.202. The molecule has 0 unspecified atom stereocenters. The minimum Gasteiger partial charge on any atom is -0.493 e. The van der Waals surface area contributed by atoms with Crippen LogP contribution < -0.4 is 9.47 Å². The fraction of sp³-hybridized carbons (Fsp3) is 0.227. The molecule has 0 N–H and O–H groups in total. The van der Waals surface area contributed by atoms with Gasteiger partial charge >= 0.3 is 5.97 Å². The molecule has 1 aliphatic rings. The first-order valence-corrected chi connectivity index (χ1v) is 10.1. The van der Waals surface area contributed by atoms with Gasteiger partial charge in [0, 0.05) is 17.6 Å². The van der Waals surface area contributed by atoms with Crippen molar-refractivity contribution in [3.8, 4) is 11.5 Å². The van der Waals surface area contributed by atoms with Gasteiger partial charge in [0.1, 0.15) is 18.8 Å². The Hall–Kier alpha value is -3.10. The SMILES string of the molecule is COC(=O)CN1C(=S)N(C)C(=O)/C1=C/c1ccc(OCc2ccccc2Cl)c(OC)c1. The first-order chi connectivity index (χ1) is 14.8. The second-order valence-electron chi connectivity index (χ2n) is 6.63. The summed E-state index contributed by atoms with van der Waals surface area (Å²) in [4.78, 5) is 27.1. The molecule has 0 saturated carbocycles. The van der Waals surface area contributed by atoms with Crippen molar-refractivity contribution in [2.24, 2.45) is 0 Å². The molecular formula is C22H21ClN2O5S. The van der Waals surface area contributed by atoms with Crippen molar-refractivity contribution < 1.29 is 23.8 Å². The second-order valence-corrected chi connectivity index (χ2v) is 7.40. The van der Waals surface area contributed by atoms with Crippen molar-refractivity contribution in [3.05, 3.63) is 64.3 Å². The molecule has 0 spiro atoms. The Morgan fingerprint density at radius 3 is 2.58 bits per heavy atom. The summed E-state index contributed by atoms with van der Waals surface area (Å²) in [6, 6.07) is 12.7.